The third kappa shape index (κ3) is 4.35. The normalized spacial score (nSPS) is 17.2. The Labute approximate surface area is 187 Å². The summed E-state index contributed by atoms with van der Waals surface area (Å²) in [4.78, 5) is 12.9. The molecule has 30 heavy (non-hydrogen) atoms. The summed E-state index contributed by atoms with van der Waals surface area (Å²) >= 11 is 13.0. The van der Waals surface area contributed by atoms with Gasteiger partial charge in [0.1, 0.15) is 11.0 Å². The van der Waals surface area contributed by atoms with Crippen LogP contribution < -0.4 is 5.32 Å². The van der Waals surface area contributed by atoms with E-state index in [-0.39, 0.29) is 11.4 Å². The lowest BCUT2D eigenvalue weighted by Crippen LogP contribution is -2.43. The first-order valence-corrected chi connectivity index (χ1v) is 12.0. The van der Waals surface area contributed by atoms with Gasteiger partial charge in [0, 0.05) is 22.2 Å². The number of halogens is 2. The van der Waals surface area contributed by atoms with Crippen LogP contribution in [0.15, 0.2) is 53.4 Å². The molecule has 11 heteroatoms. The van der Waals surface area contributed by atoms with Gasteiger partial charge in [0.25, 0.3) is 0 Å². The molecule has 1 fully saturated rings. The molecule has 1 saturated heterocycles. The number of nitrogens with one attached hydrogen (secondary N) is 1. The highest BCUT2D eigenvalue weighted by atomic mass is 35.5. The number of hydrogen-bond donors (Lipinski definition) is 1. The van der Waals surface area contributed by atoms with Crippen molar-refractivity contribution in [3.05, 3.63) is 58.6 Å². The average molecular weight is 483 g/mol. The summed E-state index contributed by atoms with van der Waals surface area (Å²) in [6.07, 6.45) is 1.03. The van der Waals surface area contributed by atoms with Gasteiger partial charge in [-0.05, 0) is 49.2 Å². The van der Waals surface area contributed by atoms with Gasteiger partial charge in [-0.2, -0.15) is 4.31 Å². The third-order valence-corrected chi connectivity index (χ3v) is 7.99. The number of sulfonamides is 1. The number of benzene rings is 2. The van der Waals surface area contributed by atoms with Gasteiger partial charge in [-0.3, -0.25) is 10.1 Å². The minimum absolute atomic E-state index is 0.104. The van der Waals surface area contributed by atoms with E-state index in [1.807, 2.05) is 12.1 Å². The minimum atomic E-state index is -3.82. The molecule has 2 heterocycles. The van der Waals surface area contributed by atoms with Crippen molar-refractivity contribution in [3.8, 4) is 10.6 Å². The second-order valence-electron chi connectivity index (χ2n) is 6.64. The molecule has 1 N–H and O–H groups in total. The monoisotopic (exact) mass is 482 g/mol. The van der Waals surface area contributed by atoms with Crippen LogP contribution in [0.4, 0.5) is 5.13 Å². The Hall–Kier alpha value is -2.04. The van der Waals surface area contributed by atoms with Crippen molar-refractivity contribution in [1.82, 2.24) is 14.5 Å². The van der Waals surface area contributed by atoms with Crippen molar-refractivity contribution < 1.29 is 13.2 Å². The van der Waals surface area contributed by atoms with Gasteiger partial charge in [0.05, 0.1) is 4.90 Å². The van der Waals surface area contributed by atoms with Crippen LogP contribution in [0.3, 0.4) is 0 Å². The summed E-state index contributed by atoms with van der Waals surface area (Å²) in [5.41, 5.74) is 0.824. The molecule has 1 aliphatic heterocycles. The van der Waals surface area contributed by atoms with Crippen LogP contribution in [0.25, 0.3) is 10.6 Å². The van der Waals surface area contributed by atoms with Crippen LogP contribution in [0, 0.1) is 0 Å². The van der Waals surface area contributed by atoms with E-state index in [4.69, 9.17) is 23.2 Å². The standard InChI is InChI=1S/C19H16Cl2N4O3S2/c20-13-5-3-12(4-6-13)18-23-24-19(29-18)22-17(26)16-2-1-11-25(16)30(27,28)15-9-7-14(21)8-10-15/h3-10,16H,1-2,11H2,(H,22,24,26)/t16-/m1/s1. The van der Waals surface area contributed by atoms with E-state index in [0.29, 0.717) is 33.0 Å². The molecule has 7 nitrogen and oxygen atoms in total. The molecule has 1 amide bonds. The van der Waals surface area contributed by atoms with Crippen LogP contribution >= 0.6 is 34.5 Å². The van der Waals surface area contributed by atoms with E-state index in [9.17, 15) is 13.2 Å². The van der Waals surface area contributed by atoms with Crippen molar-refractivity contribution in [1.29, 1.82) is 0 Å². The molecule has 2 aromatic carbocycles. The SMILES string of the molecule is O=C(Nc1nnc(-c2ccc(Cl)cc2)s1)[C@H]1CCCN1S(=O)(=O)c1ccc(Cl)cc1. The maximum atomic E-state index is 13.0. The molecular weight excluding hydrogens is 467 g/mol. The van der Waals surface area contributed by atoms with E-state index in [1.54, 1.807) is 12.1 Å². The second kappa shape index (κ2) is 8.60. The molecule has 0 radical (unpaired) electrons. The number of carbonyl (C=O) groups excluding carboxylic acids is 1. The molecular formula is C19H16Cl2N4O3S2. The van der Waals surface area contributed by atoms with Crippen LogP contribution in [-0.4, -0.2) is 41.4 Å². The summed E-state index contributed by atoms with van der Waals surface area (Å²) in [5.74, 6) is -0.427. The number of aromatic nitrogens is 2. The highest BCUT2D eigenvalue weighted by molar-refractivity contribution is 7.89. The Bertz CT molecular complexity index is 1170. The van der Waals surface area contributed by atoms with Gasteiger partial charge in [-0.25, -0.2) is 8.42 Å². The number of nitrogens with zero attached hydrogens (tertiary/aromatic N) is 3. The lowest BCUT2D eigenvalue weighted by Gasteiger charge is -2.23. The topological polar surface area (TPSA) is 92.3 Å². The zero-order valence-electron chi connectivity index (χ0n) is 15.5. The fraction of sp³-hybridized carbons (Fsp3) is 0.211. The second-order valence-corrected chi connectivity index (χ2v) is 10.4. The van der Waals surface area contributed by atoms with E-state index >= 15 is 0 Å². The maximum Gasteiger partial charge on any atom is 0.244 e. The first-order chi connectivity index (χ1) is 14.3. The largest absolute Gasteiger partial charge is 0.299 e. The number of hydrogen-bond acceptors (Lipinski definition) is 6. The van der Waals surface area contributed by atoms with Gasteiger partial charge in [-0.15, -0.1) is 10.2 Å². The van der Waals surface area contributed by atoms with Gasteiger partial charge >= 0.3 is 0 Å². The Kier molecular flexibility index (Phi) is 6.08. The Morgan fingerprint density at radius 3 is 2.33 bits per heavy atom. The number of amides is 1. The van der Waals surface area contributed by atoms with Gasteiger partial charge in [0.2, 0.25) is 21.1 Å². The fourth-order valence-electron chi connectivity index (χ4n) is 3.20. The van der Waals surface area contributed by atoms with Crippen LogP contribution in [0.1, 0.15) is 12.8 Å². The van der Waals surface area contributed by atoms with E-state index in [2.05, 4.69) is 15.5 Å². The van der Waals surface area contributed by atoms with Crippen molar-refractivity contribution >= 4 is 55.6 Å². The summed E-state index contributed by atoms with van der Waals surface area (Å²) in [5, 5.41) is 12.8. The highest BCUT2D eigenvalue weighted by Gasteiger charge is 2.39. The Balaban J connectivity index is 1.50. The third-order valence-electron chi connectivity index (χ3n) is 4.67. The quantitative estimate of drug-likeness (QED) is 0.584. The van der Waals surface area contributed by atoms with Gasteiger partial charge in [-0.1, -0.05) is 46.7 Å². The fourth-order valence-corrected chi connectivity index (χ4v) is 5.86. The Morgan fingerprint density at radius 2 is 1.67 bits per heavy atom. The van der Waals surface area contributed by atoms with Crippen molar-refractivity contribution in [2.75, 3.05) is 11.9 Å². The van der Waals surface area contributed by atoms with Crippen molar-refractivity contribution in [2.24, 2.45) is 0 Å². The predicted molar refractivity (Wildman–Crippen MR) is 117 cm³/mol. The average Bonchev–Trinajstić information content (AvgIpc) is 3.39. The molecule has 0 unspecified atom stereocenters. The molecule has 4 rings (SSSR count). The molecule has 0 saturated carbocycles. The van der Waals surface area contributed by atoms with E-state index in [1.165, 1.54) is 39.9 Å². The zero-order valence-corrected chi connectivity index (χ0v) is 18.6. The molecule has 3 aromatic rings. The number of carbonyl (C=O) groups is 1. The lowest BCUT2D eigenvalue weighted by atomic mass is 10.2. The van der Waals surface area contributed by atoms with Crippen LogP contribution in [-0.2, 0) is 14.8 Å². The van der Waals surface area contributed by atoms with Gasteiger partial charge < -0.3 is 0 Å². The van der Waals surface area contributed by atoms with Crippen LogP contribution in [0.2, 0.25) is 10.0 Å². The summed E-state index contributed by atoms with van der Waals surface area (Å²) in [7, 11) is -3.82. The molecule has 1 atom stereocenters. The summed E-state index contributed by atoms with van der Waals surface area (Å²) < 4.78 is 27.2. The molecule has 0 bridgehead atoms. The molecule has 0 aliphatic carbocycles. The zero-order chi connectivity index (χ0) is 21.3. The molecule has 1 aliphatic rings. The van der Waals surface area contributed by atoms with Crippen molar-refractivity contribution in [2.45, 2.75) is 23.8 Å². The lowest BCUT2D eigenvalue weighted by molar-refractivity contribution is -0.119. The molecule has 1 aromatic heterocycles. The Morgan fingerprint density at radius 1 is 1.03 bits per heavy atom. The first-order valence-electron chi connectivity index (χ1n) is 9.02. The summed E-state index contributed by atoms with van der Waals surface area (Å²) in [6, 6.07) is 12.2. The molecule has 156 valence electrons. The smallest absolute Gasteiger partial charge is 0.244 e. The minimum Gasteiger partial charge on any atom is -0.299 e. The maximum absolute atomic E-state index is 13.0. The van der Waals surface area contributed by atoms with Crippen molar-refractivity contribution in [3.63, 3.8) is 0 Å². The van der Waals surface area contributed by atoms with E-state index in [0.717, 1.165) is 5.56 Å². The summed E-state index contributed by atoms with van der Waals surface area (Å²) in [6.45, 7) is 0.273. The van der Waals surface area contributed by atoms with E-state index < -0.39 is 22.0 Å². The van der Waals surface area contributed by atoms with Crippen LogP contribution in [0.5, 0.6) is 0 Å². The number of rotatable bonds is 5. The highest BCUT2D eigenvalue weighted by Crippen LogP contribution is 2.30. The number of anilines is 1. The van der Waals surface area contributed by atoms with Gasteiger partial charge in [0.15, 0.2) is 0 Å². The molecule has 0 spiro atoms. The first kappa shape index (κ1) is 21.2. The predicted octanol–water partition coefficient (Wildman–Crippen LogP) is 4.30.